The van der Waals surface area contributed by atoms with E-state index in [0.717, 1.165) is 11.3 Å². The van der Waals surface area contributed by atoms with Gasteiger partial charge in [0.05, 0.1) is 16.3 Å². The summed E-state index contributed by atoms with van der Waals surface area (Å²) in [6.07, 6.45) is 1.71. The van der Waals surface area contributed by atoms with Gasteiger partial charge in [0.15, 0.2) is 0 Å². The van der Waals surface area contributed by atoms with Crippen LogP contribution in [0.15, 0.2) is 84.1 Å². The molecule has 3 aromatic rings. The van der Waals surface area contributed by atoms with Crippen LogP contribution in [0, 0.1) is 10.1 Å². The maximum absolute atomic E-state index is 10.7. The molecule has 6 heteroatoms. The number of non-ortho nitro benzene ring substituents is 1. The molecule has 118 valence electrons. The Balaban J connectivity index is 1.91. The smallest absolute Gasteiger partial charge is 0.269 e. The van der Waals surface area contributed by atoms with E-state index in [2.05, 4.69) is 15.5 Å². The molecule has 0 aliphatic rings. The minimum Gasteiger partial charge on any atom is -0.278 e. The first kappa shape index (κ1) is 15.4. The predicted molar refractivity (Wildman–Crippen MR) is 93.0 cm³/mol. The molecule has 2 aromatic carbocycles. The van der Waals surface area contributed by atoms with Crippen LogP contribution in [0.25, 0.3) is 0 Å². The average molecular weight is 318 g/mol. The van der Waals surface area contributed by atoms with Crippen molar-refractivity contribution in [2.24, 2.45) is 5.10 Å². The van der Waals surface area contributed by atoms with Gasteiger partial charge in [-0.2, -0.15) is 5.10 Å². The summed E-state index contributed by atoms with van der Waals surface area (Å²) in [5.41, 5.74) is 5.98. The van der Waals surface area contributed by atoms with Gasteiger partial charge in [-0.1, -0.05) is 36.4 Å². The molecule has 0 atom stereocenters. The zero-order chi connectivity index (χ0) is 16.8. The molecule has 0 saturated heterocycles. The highest BCUT2D eigenvalue weighted by Gasteiger charge is 2.08. The van der Waals surface area contributed by atoms with Gasteiger partial charge in [-0.25, -0.2) is 0 Å². The van der Waals surface area contributed by atoms with E-state index in [4.69, 9.17) is 0 Å². The van der Waals surface area contributed by atoms with E-state index in [9.17, 15) is 10.1 Å². The van der Waals surface area contributed by atoms with Crippen LogP contribution in [-0.2, 0) is 0 Å². The quantitative estimate of drug-likeness (QED) is 0.440. The minimum atomic E-state index is -0.434. The van der Waals surface area contributed by atoms with Gasteiger partial charge in [0, 0.05) is 23.9 Å². The summed E-state index contributed by atoms with van der Waals surface area (Å²) >= 11 is 0. The van der Waals surface area contributed by atoms with E-state index < -0.39 is 4.92 Å². The predicted octanol–water partition coefficient (Wildman–Crippen LogP) is 3.85. The highest BCUT2D eigenvalue weighted by Crippen LogP contribution is 2.16. The van der Waals surface area contributed by atoms with E-state index in [1.165, 1.54) is 12.1 Å². The summed E-state index contributed by atoms with van der Waals surface area (Å²) in [4.78, 5) is 14.6. The number of nitro groups is 1. The maximum atomic E-state index is 10.7. The Bertz CT molecular complexity index is 806. The number of aromatic nitrogens is 1. The van der Waals surface area contributed by atoms with Crippen molar-refractivity contribution in [2.75, 3.05) is 5.43 Å². The fourth-order valence-corrected chi connectivity index (χ4v) is 2.15. The Morgan fingerprint density at radius 1 is 0.958 bits per heavy atom. The summed E-state index contributed by atoms with van der Waals surface area (Å²) in [5, 5.41) is 15.1. The van der Waals surface area contributed by atoms with Crippen LogP contribution in [0.5, 0.6) is 0 Å². The zero-order valence-electron chi connectivity index (χ0n) is 12.7. The molecule has 1 heterocycles. The number of nitro benzene ring substituents is 1. The van der Waals surface area contributed by atoms with Crippen molar-refractivity contribution >= 4 is 17.1 Å². The van der Waals surface area contributed by atoms with E-state index in [-0.39, 0.29) is 5.69 Å². The third-order valence-corrected chi connectivity index (χ3v) is 3.33. The first-order valence-corrected chi connectivity index (χ1v) is 7.29. The van der Waals surface area contributed by atoms with Crippen LogP contribution in [0.1, 0.15) is 11.3 Å². The largest absolute Gasteiger partial charge is 0.278 e. The molecule has 0 unspecified atom stereocenters. The van der Waals surface area contributed by atoms with Crippen LogP contribution in [0.2, 0.25) is 0 Å². The first-order chi connectivity index (χ1) is 11.7. The van der Waals surface area contributed by atoms with Gasteiger partial charge < -0.3 is 0 Å². The molecule has 0 aliphatic carbocycles. The fraction of sp³-hybridized carbons (Fsp3) is 0. The molecule has 0 amide bonds. The molecule has 1 aromatic heterocycles. The number of nitrogens with one attached hydrogen (secondary N) is 1. The van der Waals surface area contributed by atoms with Crippen molar-refractivity contribution in [2.45, 2.75) is 0 Å². The summed E-state index contributed by atoms with van der Waals surface area (Å²) in [5.74, 6) is 0. The van der Waals surface area contributed by atoms with Crippen molar-refractivity contribution in [3.05, 3.63) is 100 Å². The summed E-state index contributed by atoms with van der Waals surface area (Å²) in [7, 11) is 0. The number of anilines is 1. The molecule has 24 heavy (non-hydrogen) atoms. The van der Waals surface area contributed by atoms with Crippen molar-refractivity contribution < 1.29 is 4.92 Å². The Labute approximate surface area is 138 Å². The highest BCUT2D eigenvalue weighted by atomic mass is 16.6. The van der Waals surface area contributed by atoms with E-state index in [1.54, 1.807) is 18.3 Å². The van der Waals surface area contributed by atoms with Crippen LogP contribution in [0.3, 0.4) is 0 Å². The van der Waals surface area contributed by atoms with E-state index >= 15 is 0 Å². The molecule has 0 saturated carbocycles. The van der Waals surface area contributed by atoms with Crippen LogP contribution >= 0.6 is 0 Å². The molecule has 0 fully saturated rings. The van der Waals surface area contributed by atoms with Crippen molar-refractivity contribution in [1.82, 2.24) is 4.98 Å². The highest BCUT2D eigenvalue weighted by molar-refractivity contribution is 6.11. The van der Waals surface area contributed by atoms with Gasteiger partial charge in [-0.05, 0) is 24.3 Å². The Morgan fingerprint density at radius 2 is 1.67 bits per heavy atom. The maximum Gasteiger partial charge on any atom is 0.269 e. The van der Waals surface area contributed by atoms with Crippen LogP contribution < -0.4 is 5.43 Å². The van der Waals surface area contributed by atoms with E-state index in [1.807, 2.05) is 48.5 Å². The molecule has 0 radical (unpaired) electrons. The Hall–Kier alpha value is -3.54. The molecule has 3 rings (SSSR count). The number of hydrogen-bond donors (Lipinski definition) is 1. The Morgan fingerprint density at radius 3 is 2.29 bits per heavy atom. The lowest BCUT2D eigenvalue weighted by Crippen LogP contribution is -2.08. The number of pyridine rings is 1. The van der Waals surface area contributed by atoms with Gasteiger partial charge in [0.2, 0.25) is 0 Å². The van der Waals surface area contributed by atoms with Crippen molar-refractivity contribution in [3.8, 4) is 0 Å². The monoisotopic (exact) mass is 318 g/mol. The topological polar surface area (TPSA) is 80.4 Å². The van der Waals surface area contributed by atoms with E-state index in [0.29, 0.717) is 11.4 Å². The van der Waals surface area contributed by atoms with Crippen molar-refractivity contribution in [1.29, 1.82) is 0 Å². The summed E-state index contributed by atoms with van der Waals surface area (Å²) in [6.45, 7) is 0. The van der Waals surface area contributed by atoms with Crippen LogP contribution in [-0.4, -0.2) is 15.6 Å². The Kier molecular flexibility index (Phi) is 4.57. The normalized spacial score (nSPS) is 11.1. The molecule has 0 bridgehead atoms. The van der Waals surface area contributed by atoms with Gasteiger partial charge in [0.1, 0.15) is 5.71 Å². The number of benzene rings is 2. The molecule has 0 spiro atoms. The van der Waals surface area contributed by atoms with Gasteiger partial charge >= 0.3 is 0 Å². The number of hydrazone groups is 1. The second-order valence-electron chi connectivity index (χ2n) is 4.96. The first-order valence-electron chi connectivity index (χ1n) is 7.29. The standard InChI is InChI=1S/C18H14N4O2/c23-22(24)16-11-9-15(10-12-16)20-21-18(14-6-2-1-3-7-14)17-8-4-5-13-19-17/h1-13,20H. The molecular formula is C18H14N4O2. The second-order valence-corrected chi connectivity index (χ2v) is 4.96. The molecular weight excluding hydrogens is 304 g/mol. The number of nitrogens with zero attached hydrogens (tertiary/aromatic N) is 3. The third-order valence-electron chi connectivity index (χ3n) is 3.33. The average Bonchev–Trinajstić information content (AvgIpc) is 2.64. The fourth-order valence-electron chi connectivity index (χ4n) is 2.15. The lowest BCUT2D eigenvalue weighted by atomic mass is 10.1. The molecule has 1 N–H and O–H groups in total. The van der Waals surface area contributed by atoms with Crippen molar-refractivity contribution in [3.63, 3.8) is 0 Å². The number of rotatable bonds is 5. The summed E-state index contributed by atoms with van der Waals surface area (Å²) in [6, 6.07) is 21.4. The van der Waals surface area contributed by atoms with Gasteiger partial charge in [0.25, 0.3) is 5.69 Å². The minimum absolute atomic E-state index is 0.0394. The SMILES string of the molecule is O=[N+]([O-])c1ccc(NN=C(c2ccccc2)c2ccccn2)cc1. The lowest BCUT2D eigenvalue weighted by Gasteiger charge is -2.07. The molecule has 0 aliphatic heterocycles. The number of hydrogen-bond acceptors (Lipinski definition) is 5. The van der Waals surface area contributed by atoms with Crippen LogP contribution in [0.4, 0.5) is 11.4 Å². The lowest BCUT2D eigenvalue weighted by molar-refractivity contribution is -0.384. The zero-order valence-corrected chi connectivity index (χ0v) is 12.7. The third kappa shape index (κ3) is 3.61. The summed E-state index contributed by atoms with van der Waals surface area (Å²) < 4.78 is 0. The second kappa shape index (κ2) is 7.15. The molecule has 6 nitrogen and oxygen atoms in total. The van der Waals surface area contributed by atoms with Gasteiger partial charge in [-0.3, -0.25) is 20.5 Å². The van der Waals surface area contributed by atoms with Gasteiger partial charge in [-0.15, -0.1) is 0 Å².